The second kappa shape index (κ2) is 4.96. The molecule has 1 N–H and O–H groups in total. The van der Waals surface area contributed by atoms with Gasteiger partial charge >= 0.3 is 0 Å². The molecular weight excluding hydrogens is 306 g/mol. The molecule has 100 valence electrons. The van der Waals surface area contributed by atoms with Gasteiger partial charge in [0.2, 0.25) is 0 Å². The number of rotatable bonds is 1. The van der Waals surface area contributed by atoms with Crippen molar-refractivity contribution in [1.29, 1.82) is 0 Å². The van der Waals surface area contributed by atoms with E-state index in [1.807, 2.05) is 0 Å². The fourth-order valence-corrected chi connectivity index (χ4v) is 4.49. The quantitative estimate of drug-likeness (QED) is 0.689. The van der Waals surface area contributed by atoms with E-state index in [1.165, 1.54) is 15.5 Å². The fourth-order valence-electron chi connectivity index (χ4n) is 2.32. The van der Waals surface area contributed by atoms with Crippen molar-refractivity contribution >= 4 is 65.8 Å². The van der Waals surface area contributed by atoms with Crippen molar-refractivity contribution < 1.29 is 0 Å². The predicted octanol–water partition coefficient (Wildman–Crippen LogP) is 3.79. The summed E-state index contributed by atoms with van der Waals surface area (Å²) in [6, 6.07) is 12.6. The maximum absolute atomic E-state index is 5.43. The first kappa shape index (κ1) is 12.5. The number of fused-ring (bicyclic) bond motifs is 3. The molecule has 3 nitrogen and oxygen atoms in total. The van der Waals surface area contributed by atoms with Crippen LogP contribution in [0.25, 0.3) is 21.0 Å². The van der Waals surface area contributed by atoms with Gasteiger partial charge in [0.25, 0.3) is 0 Å². The number of hydrogen-bond donors (Lipinski definition) is 1. The van der Waals surface area contributed by atoms with Crippen molar-refractivity contribution in [2.75, 3.05) is 17.4 Å². The molecule has 20 heavy (non-hydrogen) atoms. The molecular formula is C14H11N3S3. The van der Waals surface area contributed by atoms with Gasteiger partial charge in [-0.15, -0.1) is 0 Å². The summed E-state index contributed by atoms with van der Waals surface area (Å²) in [5.74, 6) is 0.878. The normalized spacial score (nSPS) is 16.2. The Balaban J connectivity index is 1.90. The van der Waals surface area contributed by atoms with Gasteiger partial charge in [0.15, 0.2) is 5.13 Å². The molecule has 2 aromatic carbocycles. The van der Waals surface area contributed by atoms with Crippen LogP contribution in [-0.4, -0.2) is 21.8 Å². The Morgan fingerprint density at radius 3 is 3.00 bits per heavy atom. The van der Waals surface area contributed by atoms with Gasteiger partial charge in [-0.1, -0.05) is 65.6 Å². The topological polar surface area (TPSA) is 28.2 Å². The van der Waals surface area contributed by atoms with Crippen LogP contribution in [0.1, 0.15) is 0 Å². The molecule has 0 saturated carbocycles. The van der Waals surface area contributed by atoms with E-state index in [-0.39, 0.29) is 0 Å². The van der Waals surface area contributed by atoms with Gasteiger partial charge in [-0.3, -0.25) is 10.2 Å². The SMILES string of the molecule is S=C1SCNCN1c1nc2ccc3ccccc3c2s1. The lowest BCUT2D eigenvalue weighted by atomic mass is 10.1. The number of anilines is 1. The van der Waals surface area contributed by atoms with Crippen molar-refractivity contribution in [3.8, 4) is 0 Å². The number of nitrogens with zero attached hydrogens (tertiary/aromatic N) is 2. The molecule has 1 fully saturated rings. The number of thioether (sulfide) groups is 1. The third-order valence-corrected chi connectivity index (χ3v) is 5.80. The van der Waals surface area contributed by atoms with E-state index in [9.17, 15) is 0 Å². The van der Waals surface area contributed by atoms with Crippen molar-refractivity contribution in [2.24, 2.45) is 0 Å². The van der Waals surface area contributed by atoms with Crippen LogP contribution in [0.5, 0.6) is 0 Å². The number of thiazole rings is 1. The van der Waals surface area contributed by atoms with Crippen LogP contribution < -0.4 is 10.2 Å². The zero-order valence-electron chi connectivity index (χ0n) is 10.5. The smallest absolute Gasteiger partial charge is 0.193 e. The first-order chi connectivity index (χ1) is 9.83. The number of nitrogens with one attached hydrogen (secondary N) is 1. The minimum absolute atomic E-state index is 0.740. The molecule has 6 heteroatoms. The summed E-state index contributed by atoms with van der Waals surface area (Å²) in [5.41, 5.74) is 1.04. The second-order valence-corrected chi connectivity index (χ2v) is 7.11. The Hall–Kier alpha value is -1.21. The molecule has 1 aliphatic rings. The van der Waals surface area contributed by atoms with E-state index in [0.717, 1.165) is 27.5 Å². The summed E-state index contributed by atoms with van der Waals surface area (Å²) in [6.45, 7) is 0.740. The van der Waals surface area contributed by atoms with Crippen LogP contribution in [0.3, 0.4) is 0 Å². The summed E-state index contributed by atoms with van der Waals surface area (Å²) in [4.78, 5) is 6.81. The minimum atomic E-state index is 0.740. The van der Waals surface area contributed by atoms with Crippen LogP contribution in [0.4, 0.5) is 5.13 Å². The summed E-state index contributed by atoms with van der Waals surface area (Å²) < 4.78 is 2.13. The minimum Gasteiger partial charge on any atom is -0.290 e. The Kier molecular flexibility index (Phi) is 3.11. The molecule has 0 bridgehead atoms. The van der Waals surface area contributed by atoms with E-state index < -0.39 is 0 Å². The molecule has 1 saturated heterocycles. The average molecular weight is 317 g/mol. The summed E-state index contributed by atoms with van der Waals surface area (Å²) in [5, 5.41) is 6.80. The van der Waals surface area contributed by atoms with Crippen molar-refractivity contribution in [3.05, 3.63) is 36.4 Å². The molecule has 0 radical (unpaired) electrons. The van der Waals surface area contributed by atoms with E-state index in [1.54, 1.807) is 23.1 Å². The molecule has 2 heterocycles. The van der Waals surface area contributed by atoms with Gasteiger partial charge in [0.05, 0.1) is 22.8 Å². The third-order valence-electron chi connectivity index (χ3n) is 3.29. The van der Waals surface area contributed by atoms with Crippen molar-refractivity contribution in [3.63, 3.8) is 0 Å². The molecule has 0 atom stereocenters. The number of benzene rings is 2. The van der Waals surface area contributed by atoms with Gasteiger partial charge in [0, 0.05) is 5.39 Å². The number of hydrogen-bond acceptors (Lipinski definition) is 5. The van der Waals surface area contributed by atoms with E-state index in [2.05, 4.69) is 46.6 Å². The third kappa shape index (κ3) is 2.00. The second-order valence-electron chi connectivity index (χ2n) is 4.52. The fraction of sp³-hybridized carbons (Fsp3) is 0.143. The van der Waals surface area contributed by atoms with E-state index in [0.29, 0.717) is 0 Å². The first-order valence-electron chi connectivity index (χ1n) is 6.26. The molecule has 1 aromatic heterocycles. The molecule has 0 spiro atoms. The highest BCUT2D eigenvalue weighted by Gasteiger charge is 2.20. The van der Waals surface area contributed by atoms with Gasteiger partial charge in [0.1, 0.15) is 4.32 Å². The molecule has 0 unspecified atom stereocenters. The monoisotopic (exact) mass is 317 g/mol. The van der Waals surface area contributed by atoms with Crippen LogP contribution >= 0.6 is 35.3 Å². The van der Waals surface area contributed by atoms with E-state index >= 15 is 0 Å². The predicted molar refractivity (Wildman–Crippen MR) is 92.7 cm³/mol. The Bertz CT molecular complexity index is 812. The highest BCUT2D eigenvalue weighted by Crippen LogP contribution is 2.35. The summed E-state index contributed by atoms with van der Waals surface area (Å²) in [6.07, 6.45) is 0. The van der Waals surface area contributed by atoms with Crippen LogP contribution in [0.2, 0.25) is 0 Å². The van der Waals surface area contributed by atoms with Crippen LogP contribution in [0.15, 0.2) is 36.4 Å². The molecule has 1 aliphatic heterocycles. The largest absolute Gasteiger partial charge is 0.290 e. The molecule has 3 aromatic rings. The summed E-state index contributed by atoms with van der Waals surface area (Å²) in [7, 11) is 0. The standard InChI is InChI=1S/C14H11N3S3/c18-14-17(7-15-8-19-14)13-16-11-6-5-9-3-1-2-4-10(9)12(11)20-13/h1-6,15H,7-8H2. The highest BCUT2D eigenvalue weighted by atomic mass is 32.2. The summed E-state index contributed by atoms with van der Waals surface area (Å²) >= 11 is 8.78. The Morgan fingerprint density at radius 1 is 1.20 bits per heavy atom. The van der Waals surface area contributed by atoms with Gasteiger partial charge in [-0.2, -0.15) is 0 Å². The first-order valence-corrected chi connectivity index (χ1v) is 8.47. The molecule has 0 amide bonds. The maximum atomic E-state index is 5.43. The Morgan fingerprint density at radius 2 is 2.10 bits per heavy atom. The van der Waals surface area contributed by atoms with Gasteiger partial charge in [-0.25, -0.2) is 4.98 Å². The zero-order valence-corrected chi connectivity index (χ0v) is 12.9. The van der Waals surface area contributed by atoms with Crippen LogP contribution in [-0.2, 0) is 0 Å². The molecule has 0 aliphatic carbocycles. The number of aromatic nitrogens is 1. The highest BCUT2D eigenvalue weighted by molar-refractivity contribution is 8.23. The van der Waals surface area contributed by atoms with Crippen molar-refractivity contribution in [1.82, 2.24) is 10.3 Å². The lowest BCUT2D eigenvalue weighted by Crippen LogP contribution is -2.41. The Labute approximate surface area is 130 Å². The maximum Gasteiger partial charge on any atom is 0.193 e. The van der Waals surface area contributed by atoms with E-state index in [4.69, 9.17) is 17.2 Å². The molecule has 4 rings (SSSR count). The van der Waals surface area contributed by atoms with Gasteiger partial charge in [-0.05, 0) is 11.5 Å². The van der Waals surface area contributed by atoms with Gasteiger partial charge < -0.3 is 0 Å². The van der Waals surface area contributed by atoms with Crippen molar-refractivity contribution in [2.45, 2.75) is 0 Å². The number of thiocarbonyl (C=S) groups is 1. The average Bonchev–Trinajstić information content (AvgIpc) is 2.92. The lowest BCUT2D eigenvalue weighted by molar-refractivity contribution is 0.793. The zero-order chi connectivity index (χ0) is 13.5. The lowest BCUT2D eigenvalue weighted by Gasteiger charge is -2.26. The van der Waals surface area contributed by atoms with Crippen LogP contribution in [0, 0.1) is 0 Å².